The van der Waals surface area contributed by atoms with E-state index in [0.29, 0.717) is 23.4 Å². The van der Waals surface area contributed by atoms with Crippen molar-refractivity contribution in [2.75, 3.05) is 5.73 Å². The predicted molar refractivity (Wildman–Crippen MR) is 78.6 cm³/mol. The summed E-state index contributed by atoms with van der Waals surface area (Å²) in [7, 11) is 0. The molecule has 1 aromatic carbocycles. The van der Waals surface area contributed by atoms with E-state index < -0.39 is 23.5 Å². The maximum Gasteiger partial charge on any atom is 0.416 e. The molecule has 0 aliphatic rings. The molecule has 0 fully saturated rings. The second kappa shape index (κ2) is 6.02. The van der Waals surface area contributed by atoms with Gasteiger partial charge in [-0.05, 0) is 43.2 Å². The minimum Gasteiger partial charge on any atom is -0.384 e. The van der Waals surface area contributed by atoms with Gasteiger partial charge in [-0.2, -0.15) is 31.6 Å². The maximum atomic E-state index is 12.9. The van der Waals surface area contributed by atoms with E-state index in [0.717, 1.165) is 0 Å². The Morgan fingerprint density at radius 2 is 1.48 bits per heavy atom. The van der Waals surface area contributed by atoms with Crippen molar-refractivity contribution >= 4 is 5.82 Å². The van der Waals surface area contributed by atoms with Crippen LogP contribution in [0.4, 0.5) is 32.2 Å². The number of alkyl halides is 6. The van der Waals surface area contributed by atoms with Crippen LogP contribution in [-0.2, 0) is 18.9 Å². The van der Waals surface area contributed by atoms with Gasteiger partial charge in [-0.25, -0.2) is 0 Å². The third-order valence-corrected chi connectivity index (χ3v) is 3.97. The number of nitriles is 1. The highest BCUT2D eigenvalue weighted by molar-refractivity contribution is 5.58. The summed E-state index contributed by atoms with van der Waals surface area (Å²) in [4.78, 5) is 0. The molecule has 0 saturated heterocycles. The van der Waals surface area contributed by atoms with Crippen molar-refractivity contribution in [2.24, 2.45) is 0 Å². The fourth-order valence-corrected chi connectivity index (χ4v) is 2.53. The minimum absolute atomic E-state index is 0.00321. The first-order chi connectivity index (χ1) is 11.4. The Morgan fingerprint density at radius 1 is 1.00 bits per heavy atom. The van der Waals surface area contributed by atoms with E-state index >= 15 is 0 Å². The number of hydrogen-bond acceptors (Lipinski definition) is 2. The van der Waals surface area contributed by atoms with E-state index in [1.54, 1.807) is 13.8 Å². The SMILES string of the molecule is Cc1c(C#N)c(N)n(Cc2cc(C(F)(F)F)cc(C(F)(F)F)c2)c1C. The van der Waals surface area contributed by atoms with Gasteiger partial charge in [-0.3, -0.25) is 0 Å². The third-order valence-electron chi connectivity index (χ3n) is 3.97. The van der Waals surface area contributed by atoms with Crippen molar-refractivity contribution in [1.29, 1.82) is 5.26 Å². The molecule has 0 amide bonds. The summed E-state index contributed by atoms with van der Waals surface area (Å²) in [5, 5.41) is 9.06. The molecule has 0 aliphatic carbocycles. The van der Waals surface area contributed by atoms with Crippen LogP contribution in [0.5, 0.6) is 0 Å². The van der Waals surface area contributed by atoms with E-state index in [1.807, 2.05) is 6.07 Å². The molecule has 2 rings (SSSR count). The highest BCUT2D eigenvalue weighted by Gasteiger charge is 2.37. The van der Waals surface area contributed by atoms with E-state index in [1.165, 1.54) is 4.57 Å². The Hall–Kier alpha value is -2.63. The van der Waals surface area contributed by atoms with Crippen molar-refractivity contribution < 1.29 is 26.3 Å². The summed E-state index contributed by atoms with van der Waals surface area (Å²) < 4.78 is 78.8. The molecule has 9 heteroatoms. The van der Waals surface area contributed by atoms with Gasteiger partial charge in [0.05, 0.1) is 16.7 Å². The second-order valence-electron chi connectivity index (χ2n) is 5.58. The zero-order chi connectivity index (χ0) is 19.2. The van der Waals surface area contributed by atoms with Gasteiger partial charge in [0.15, 0.2) is 0 Å². The van der Waals surface area contributed by atoms with Crippen LogP contribution < -0.4 is 5.73 Å². The Kier molecular flexibility index (Phi) is 4.51. The van der Waals surface area contributed by atoms with Crippen molar-refractivity contribution in [3.05, 3.63) is 51.7 Å². The minimum atomic E-state index is -4.92. The first-order valence-electron chi connectivity index (χ1n) is 7.00. The largest absolute Gasteiger partial charge is 0.416 e. The summed E-state index contributed by atoms with van der Waals surface area (Å²) in [6, 6.07) is 3.24. The molecule has 1 heterocycles. The van der Waals surface area contributed by atoms with Gasteiger partial charge in [0.25, 0.3) is 0 Å². The average molecular weight is 361 g/mol. The molecule has 0 radical (unpaired) electrons. The normalized spacial score (nSPS) is 12.3. The smallest absolute Gasteiger partial charge is 0.384 e. The van der Waals surface area contributed by atoms with E-state index in [2.05, 4.69) is 0 Å². The lowest BCUT2D eigenvalue weighted by molar-refractivity contribution is -0.143. The van der Waals surface area contributed by atoms with Crippen molar-refractivity contribution in [2.45, 2.75) is 32.7 Å². The zero-order valence-electron chi connectivity index (χ0n) is 13.2. The van der Waals surface area contributed by atoms with Crippen LogP contribution in [0.25, 0.3) is 0 Å². The van der Waals surface area contributed by atoms with Crippen molar-refractivity contribution in [1.82, 2.24) is 4.57 Å². The molecular weight excluding hydrogens is 348 g/mol. The molecule has 2 aromatic rings. The number of hydrogen-bond donors (Lipinski definition) is 1. The fraction of sp³-hybridized carbons (Fsp3) is 0.312. The predicted octanol–water partition coefficient (Wildman–Crippen LogP) is 4.64. The molecule has 2 N–H and O–H groups in total. The third kappa shape index (κ3) is 3.57. The van der Waals surface area contributed by atoms with Crippen LogP contribution >= 0.6 is 0 Å². The van der Waals surface area contributed by atoms with Crippen molar-refractivity contribution in [3.63, 3.8) is 0 Å². The lowest BCUT2D eigenvalue weighted by atomic mass is 10.0. The van der Waals surface area contributed by atoms with Gasteiger partial charge in [0, 0.05) is 12.2 Å². The summed E-state index contributed by atoms with van der Waals surface area (Å²) in [6.07, 6.45) is -9.83. The van der Waals surface area contributed by atoms with Crippen LogP contribution in [0, 0.1) is 25.2 Å². The number of rotatable bonds is 2. The Bertz CT molecular complexity index is 820. The zero-order valence-corrected chi connectivity index (χ0v) is 13.2. The number of nitrogens with zero attached hydrogens (tertiary/aromatic N) is 2. The van der Waals surface area contributed by atoms with Gasteiger partial charge in [-0.15, -0.1) is 0 Å². The number of nitrogens with two attached hydrogens (primary N) is 1. The molecule has 3 nitrogen and oxygen atoms in total. The second-order valence-corrected chi connectivity index (χ2v) is 5.58. The molecule has 134 valence electrons. The number of anilines is 1. The van der Waals surface area contributed by atoms with Gasteiger partial charge >= 0.3 is 12.4 Å². The maximum absolute atomic E-state index is 12.9. The van der Waals surface area contributed by atoms with Crippen molar-refractivity contribution in [3.8, 4) is 6.07 Å². The Labute approximate surface area is 139 Å². The van der Waals surface area contributed by atoms with Crippen LogP contribution in [-0.4, -0.2) is 4.57 Å². The molecule has 0 aliphatic heterocycles. The molecule has 0 saturated carbocycles. The highest BCUT2D eigenvalue weighted by atomic mass is 19.4. The highest BCUT2D eigenvalue weighted by Crippen LogP contribution is 2.37. The topological polar surface area (TPSA) is 54.7 Å². The molecule has 1 aromatic heterocycles. The van der Waals surface area contributed by atoms with Crippen LogP contribution in [0.15, 0.2) is 18.2 Å². The summed E-state index contributed by atoms with van der Waals surface area (Å²) in [6.45, 7) is 2.88. The first kappa shape index (κ1) is 18.7. The van der Waals surface area contributed by atoms with Crippen LogP contribution in [0.3, 0.4) is 0 Å². The monoisotopic (exact) mass is 361 g/mol. The van der Waals surface area contributed by atoms with E-state index in [-0.39, 0.29) is 29.6 Å². The summed E-state index contributed by atoms with van der Waals surface area (Å²) >= 11 is 0. The Balaban J connectivity index is 2.60. The number of benzene rings is 1. The number of nitrogen functional groups attached to an aromatic ring is 1. The molecule has 0 bridgehead atoms. The quantitative estimate of drug-likeness (QED) is 0.792. The number of halogens is 6. The molecule has 25 heavy (non-hydrogen) atoms. The van der Waals surface area contributed by atoms with E-state index in [4.69, 9.17) is 11.0 Å². The summed E-state index contributed by atoms with van der Waals surface area (Å²) in [5.41, 5.74) is 4.00. The molecular formula is C16H13F6N3. The summed E-state index contributed by atoms with van der Waals surface area (Å²) in [5.74, 6) is 0.00321. The Morgan fingerprint density at radius 3 is 1.84 bits per heavy atom. The number of aromatic nitrogens is 1. The van der Waals surface area contributed by atoms with E-state index in [9.17, 15) is 26.3 Å². The van der Waals surface area contributed by atoms with Gasteiger partial charge in [0.2, 0.25) is 0 Å². The van der Waals surface area contributed by atoms with Crippen LogP contribution in [0.1, 0.15) is 33.5 Å². The molecule has 0 spiro atoms. The lowest BCUT2D eigenvalue weighted by Crippen LogP contribution is -2.13. The standard InChI is InChI=1S/C16H13F6N3/c1-8-9(2)25(14(24)13(8)6-23)7-10-3-11(15(17,18)19)5-12(4-10)16(20,21)22/h3-5H,7,24H2,1-2H3. The fourth-order valence-electron chi connectivity index (χ4n) is 2.53. The van der Waals surface area contributed by atoms with Gasteiger partial charge < -0.3 is 10.3 Å². The molecule has 0 atom stereocenters. The van der Waals surface area contributed by atoms with Crippen LogP contribution in [0.2, 0.25) is 0 Å². The lowest BCUT2D eigenvalue weighted by Gasteiger charge is -2.16. The van der Waals surface area contributed by atoms with Gasteiger partial charge in [0.1, 0.15) is 11.9 Å². The first-order valence-corrected chi connectivity index (χ1v) is 7.00. The average Bonchev–Trinajstić information content (AvgIpc) is 2.69. The molecule has 0 unspecified atom stereocenters. The van der Waals surface area contributed by atoms with Gasteiger partial charge in [-0.1, -0.05) is 0 Å².